The number of fused-ring (bicyclic) bond motifs is 2. The highest BCUT2D eigenvalue weighted by atomic mass is 16.3. The quantitative estimate of drug-likeness (QED) is 0.239. The highest BCUT2D eigenvalue weighted by Gasteiger charge is 2.21. The van der Waals surface area contributed by atoms with Gasteiger partial charge in [-0.2, -0.15) is 0 Å². The Morgan fingerprint density at radius 1 is 0.643 bits per heavy atom. The first kappa shape index (κ1) is 25.7. The van der Waals surface area contributed by atoms with E-state index >= 15 is 0 Å². The molecule has 0 atom stereocenters. The van der Waals surface area contributed by atoms with Gasteiger partial charge in [-0.1, -0.05) is 87.5 Å². The number of hydrogen-bond acceptors (Lipinski definition) is 4. The Kier molecular flexibility index (Phi) is 6.09. The van der Waals surface area contributed by atoms with E-state index in [-0.39, 0.29) is 11.2 Å². The van der Waals surface area contributed by atoms with Crippen molar-refractivity contribution < 1.29 is 5.11 Å². The molecule has 4 aromatic carbocycles. The van der Waals surface area contributed by atoms with Crippen molar-refractivity contribution in [2.75, 3.05) is 0 Å². The van der Waals surface area contributed by atoms with Crippen molar-refractivity contribution in [3.63, 3.8) is 0 Å². The SMILES string of the molecule is CC(C)(C)c1ccc(-n2c(-c3cccc(-c4cccc5cccnc45)c3)nc3c(-c4ncccc4O)cccc32)cc1. The summed E-state index contributed by atoms with van der Waals surface area (Å²) in [5.41, 5.74) is 9.43. The van der Waals surface area contributed by atoms with E-state index in [0.29, 0.717) is 5.69 Å². The minimum atomic E-state index is 0.0445. The maximum Gasteiger partial charge on any atom is 0.145 e. The zero-order valence-electron chi connectivity index (χ0n) is 23.8. The van der Waals surface area contributed by atoms with Gasteiger partial charge in [0.2, 0.25) is 0 Å². The lowest BCUT2D eigenvalue weighted by Gasteiger charge is -2.19. The molecule has 5 nitrogen and oxygen atoms in total. The molecule has 0 saturated carbocycles. The minimum absolute atomic E-state index is 0.0445. The summed E-state index contributed by atoms with van der Waals surface area (Å²) < 4.78 is 2.20. The van der Waals surface area contributed by atoms with Crippen LogP contribution >= 0.6 is 0 Å². The van der Waals surface area contributed by atoms with E-state index < -0.39 is 0 Å². The molecule has 0 aliphatic heterocycles. The molecular weight excluding hydrogens is 516 g/mol. The first-order valence-corrected chi connectivity index (χ1v) is 14.1. The second-order valence-corrected chi connectivity index (χ2v) is 11.6. The zero-order valence-corrected chi connectivity index (χ0v) is 23.8. The van der Waals surface area contributed by atoms with Crippen LogP contribution in [0.25, 0.3) is 61.4 Å². The number of imidazole rings is 1. The fraction of sp³-hybridized carbons (Fsp3) is 0.108. The summed E-state index contributed by atoms with van der Waals surface area (Å²) in [7, 11) is 0. The Labute approximate surface area is 244 Å². The molecule has 7 aromatic rings. The van der Waals surface area contributed by atoms with Crippen LogP contribution in [-0.4, -0.2) is 24.6 Å². The molecule has 0 aliphatic carbocycles. The number of aromatic hydroxyl groups is 1. The van der Waals surface area contributed by atoms with Gasteiger partial charge in [0.25, 0.3) is 0 Å². The van der Waals surface area contributed by atoms with E-state index in [1.54, 1.807) is 18.3 Å². The van der Waals surface area contributed by atoms with Crippen LogP contribution in [-0.2, 0) is 5.41 Å². The highest BCUT2D eigenvalue weighted by Crippen LogP contribution is 2.38. The third kappa shape index (κ3) is 4.40. The molecule has 7 rings (SSSR count). The van der Waals surface area contributed by atoms with E-state index in [0.717, 1.165) is 55.7 Å². The predicted octanol–water partition coefficient (Wildman–Crippen LogP) is 8.97. The number of hydrogen-bond donors (Lipinski definition) is 1. The average molecular weight is 547 g/mol. The monoisotopic (exact) mass is 546 g/mol. The first-order chi connectivity index (χ1) is 20.4. The normalized spacial score (nSPS) is 11.8. The van der Waals surface area contributed by atoms with Gasteiger partial charge in [-0.15, -0.1) is 0 Å². The third-order valence-electron chi connectivity index (χ3n) is 7.78. The Hall–Kier alpha value is -5.29. The second-order valence-electron chi connectivity index (χ2n) is 11.6. The first-order valence-electron chi connectivity index (χ1n) is 14.1. The summed E-state index contributed by atoms with van der Waals surface area (Å²) in [6.07, 6.45) is 3.53. The van der Waals surface area contributed by atoms with E-state index in [1.165, 1.54) is 5.56 Å². The van der Waals surface area contributed by atoms with Gasteiger partial charge in [-0.25, -0.2) is 4.98 Å². The molecule has 5 heteroatoms. The van der Waals surface area contributed by atoms with Crippen molar-refractivity contribution in [2.45, 2.75) is 26.2 Å². The van der Waals surface area contributed by atoms with E-state index in [4.69, 9.17) is 4.98 Å². The number of nitrogens with zero attached hydrogens (tertiary/aromatic N) is 4. The maximum absolute atomic E-state index is 10.7. The van der Waals surface area contributed by atoms with Crippen LogP contribution in [0.3, 0.4) is 0 Å². The van der Waals surface area contributed by atoms with Crippen molar-refractivity contribution in [1.29, 1.82) is 0 Å². The summed E-state index contributed by atoms with van der Waals surface area (Å²) in [4.78, 5) is 14.4. The average Bonchev–Trinajstić information content (AvgIpc) is 3.41. The van der Waals surface area contributed by atoms with Gasteiger partial charge in [0.15, 0.2) is 0 Å². The van der Waals surface area contributed by atoms with Gasteiger partial charge in [0.1, 0.15) is 17.3 Å². The second kappa shape index (κ2) is 9.96. The van der Waals surface area contributed by atoms with Crippen LogP contribution in [0.15, 0.2) is 122 Å². The Morgan fingerprint density at radius 3 is 2.14 bits per heavy atom. The smallest absolute Gasteiger partial charge is 0.145 e. The molecule has 0 radical (unpaired) electrons. The van der Waals surface area contributed by atoms with Gasteiger partial charge < -0.3 is 5.11 Å². The molecule has 0 fully saturated rings. The van der Waals surface area contributed by atoms with Crippen LogP contribution in [0.1, 0.15) is 26.3 Å². The predicted molar refractivity (Wildman–Crippen MR) is 171 cm³/mol. The van der Waals surface area contributed by atoms with Gasteiger partial charge in [-0.3, -0.25) is 14.5 Å². The molecule has 0 aliphatic rings. The van der Waals surface area contributed by atoms with Crippen LogP contribution in [0.2, 0.25) is 0 Å². The Morgan fingerprint density at radius 2 is 1.33 bits per heavy atom. The van der Waals surface area contributed by atoms with Crippen molar-refractivity contribution in [3.05, 3.63) is 127 Å². The van der Waals surface area contributed by atoms with Crippen molar-refractivity contribution >= 4 is 21.9 Å². The summed E-state index contributed by atoms with van der Waals surface area (Å²) in [6, 6.07) is 36.9. The summed E-state index contributed by atoms with van der Waals surface area (Å²) in [5, 5.41) is 11.8. The molecule has 3 aromatic heterocycles. The molecule has 0 unspecified atom stereocenters. The third-order valence-corrected chi connectivity index (χ3v) is 7.78. The summed E-state index contributed by atoms with van der Waals surface area (Å²) in [5.74, 6) is 0.938. The van der Waals surface area contributed by atoms with Crippen molar-refractivity contribution in [2.24, 2.45) is 0 Å². The standard InChI is InChI=1S/C37H30N4O/c1-37(2,3)27-17-19-28(20-18-27)41-31-15-6-14-30(35-32(42)16-8-22-39-35)34(31)40-36(41)26-11-4-10-25(23-26)29-13-5-9-24-12-7-21-38-33(24)29/h4-23,42H,1-3H3. The number of benzene rings is 4. The zero-order chi connectivity index (χ0) is 28.8. The molecule has 42 heavy (non-hydrogen) atoms. The van der Waals surface area contributed by atoms with Crippen molar-refractivity contribution in [1.82, 2.24) is 19.5 Å². The molecule has 1 N–H and O–H groups in total. The van der Waals surface area contributed by atoms with E-state index in [9.17, 15) is 5.11 Å². The van der Waals surface area contributed by atoms with Crippen LogP contribution < -0.4 is 0 Å². The molecular formula is C37H30N4O. The summed E-state index contributed by atoms with van der Waals surface area (Å²) in [6.45, 7) is 6.66. The van der Waals surface area contributed by atoms with E-state index in [2.05, 4.69) is 114 Å². The Balaban J connectivity index is 1.48. The lowest BCUT2D eigenvalue weighted by molar-refractivity contribution is 0.475. The topological polar surface area (TPSA) is 63.8 Å². The molecule has 3 heterocycles. The largest absolute Gasteiger partial charge is 0.506 e. The van der Waals surface area contributed by atoms with Crippen LogP contribution in [0.5, 0.6) is 5.75 Å². The van der Waals surface area contributed by atoms with Gasteiger partial charge in [-0.05, 0) is 59.0 Å². The number of pyridine rings is 2. The fourth-order valence-corrected chi connectivity index (χ4v) is 5.62. The van der Waals surface area contributed by atoms with Crippen LogP contribution in [0.4, 0.5) is 0 Å². The van der Waals surface area contributed by atoms with Gasteiger partial charge >= 0.3 is 0 Å². The molecule has 204 valence electrons. The highest BCUT2D eigenvalue weighted by molar-refractivity contribution is 5.97. The van der Waals surface area contributed by atoms with Gasteiger partial charge in [0.05, 0.1) is 16.6 Å². The lowest BCUT2D eigenvalue weighted by Crippen LogP contribution is -2.11. The van der Waals surface area contributed by atoms with Gasteiger partial charge in [0, 0.05) is 40.2 Å². The molecule has 0 saturated heterocycles. The molecule has 0 bridgehead atoms. The molecule has 0 spiro atoms. The maximum atomic E-state index is 10.7. The molecule has 0 amide bonds. The van der Waals surface area contributed by atoms with Crippen LogP contribution in [0, 0.1) is 0 Å². The lowest BCUT2D eigenvalue weighted by atomic mass is 9.87. The van der Waals surface area contributed by atoms with E-state index in [1.807, 2.05) is 24.4 Å². The minimum Gasteiger partial charge on any atom is -0.506 e. The number of rotatable bonds is 4. The summed E-state index contributed by atoms with van der Waals surface area (Å²) >= 11 is 0. The van der Waals surface area contributed by atoms with Crippen molar-refractivity contribution in [3.8, 4) is 45.2 Å². The number of aromatic nitrogens is 4. The number of para-hydroxylation sites is 2. The Bertz CT molecular complexity index is 2080. The fourth-order valence-electron chi connectivity index (χ4n) is 5.62.